The van der Waals surface area contributed by atoms with E-state index in [9.17, 15) is 4.79 Å². The van der Waals surface area contributed by atoms with Gasteiger partial charge in [-0.25, -0.2) is 0 Å². The third-order valence-corrected chi connectivity index (χ3v) is 3.34. The van der Waals surface area contributed by atoms with Crippen molar-refractivity contribution in [2.75, 3.05) is 0 Å². The number of aliphatic carboxylic acids is 1. The largest absolute Gasteiger partial charge is 0.481 e. The molecule has 1 heterocycles. The summed E-state index contributed by atoms with van der Waals surface area (Å²) in [5.41, 5.74) is 1.71. The number of benzene rings is 1. The van der Waals surface area contributed by atoms with Gasteiger partial charge in [0.2, 0.25) is 0 Å². The van der Waals surface area contributed by atoms with Gasteiger partial charge in [0.25, 0.3) is 0 Å². The minimum atomic E-state index is -0.821. The van der Waals surface area contributed by atoms with Crippen LogP contribution in [0.15, 0.2) is 24.3 Å². The first-order valence-electron chi connectivity index (χ1n) is 5.56. The Kier molecular flexibility index (Phi) is 3.11. The molecule has 17 heavy (non-hydrogen) atoms. The van der Waals surface area contributed by atoms with Crippen molar-refractivity contribution in [1.82, 2.24) is 4.57 Å². The molecule has 0 amide bonds. The summed E-state index contributed by atoms with van der Waals surface area (Å²) in [6.45, 7) is 4.39. The van der Waals surface area contributed by atoms with E-state index in [0.29, 0.717) is 11.6 Å². The Hall–Kier alpha value is -1.48. The molecule has 0 aliphatic heterocycles. The molecule has 0 saturated carbocycles. The van der Waals surface area contributed by atoms with Crippen molar-refractivity contribution in [2.24, 2.45) is 0 Å². The van der Waals surface area contributed by atoms with Gasteiger partial charge in [-0.05, 0) is 26.0 Å². The summed E-state index contributed by atoms with van der Waals surface area (Å²) in [6.07, 6.45) is 0. The quantitative estimate of drug-likeness (QED) is 0.907. The standard InChI is InChI=1S/C13H14ClNO2/c1-3-15-11(8(2)13(16)17)7-9-5-4-6-10(14)12(9)15/h4-8H,3H2,1-2H3,(H,16,17). The summed E-state index contributed by atoms with van der Waals surface area (Å²) in [6, 6.07) is 7.56. The lowest BCUT2D eigenvalue weighted by Gasteiger charge is -2.11. The lowest BCUT2D eigenvalue weighted by molar-refractivity contribution is -0.138. The van der Waals surface area contributed by atoms with E-state index < -0.39 is 11.9 Å². The minimum absolute atomic E-state index is 0.529. The molecule has 0 fully saturated rings. The molecular formula is C13H14ClNO2. The Balaban J connectivity index is 2.73. The summed E-state index contributed by atoms with van der Waals surface area (Å²) in [5, 5.41) is 10.8. The van der Waals surface area contributed by atoms with Crippen LogP contribution in [0.2, 0.25) is 5.02 Å². The molecule has 2 rings (SSSR count). The van der Waals surface area contributed by atoms with E-state index >= 15 is 0 Å². The fourth-order valence-electron chi connectivity index (χ4n) is 2.13. The number of hydrogen-bond acceptors (Lipinski definition) is 1. The van der Waals surface area contributed by atoms with Gasteiger partial charge in [-0.3, -0.25) is 4.79 Å². The lowest BCUT2D eigenvalue weighted by atomic mass is 10.1. The van der Waals surface area contributed by atoms with Crippen LogP contribution in [0.5, 0.6) is 0 Å². The molecule has 0 saturated heterocycles. The molecule has 0 spiro atoms. The number of rotatable bonds is 3. The highest BCUT2D eigenvalue weighted by Gasteiger charge is 2.20. The number of hydrogen-bond donors (Lipinski definition) is 1. The van der Waals surface area contributed by atoms with Crippen LogP contribution in [0.3, 0.4) is 0 Å². The van der Waals surface area contributed by atoms with Gasteiger partial charge in [0.05, 0.1) is 16.5 Å². The third-order valence-electron chi connectivity index (χ3n) is 3.03. The Morgan fingerprint density at radius 1 is 1.53 bits per heavy atom. The summed E-state index contributed by atoms with van der Waals surface area (Å²) in [5.74, 6) is -1.35. The molecule has 1 aromatic heterocycles. The lowest BCUT2D eigenvalue weighted by Crippen LogP contribution is -2.12. The number of fused-ring (bicyclic) bond motifs is 1. The topological polar surface area (TPSA) is 42.2 Å². The van der Waals surface area contributed by atoms with Gasteiger partial charge in [-0.1, -0.05) is 23.7 Å². The molecule has 0 bridgehead atoms. The van der Waals surface area contributed by atoms with Crippen molar-refractivity contribution < 1.29 is 9.90 Å². The maximum absolute atomic E-state index is 11.1. The maximum Gasteiger partial charge on any atom is 0.312 e. The summed E-state index contributed by atoms with van der Waals surface area (Å²) < 4.78 is 1.97. The van der Waals surface area contributed by atoms with Crippen LogP contribution in [0.4, 0.5) is 0 Å². The van der Waals surface area contributed by atoms with E-state index in [2.05, 4.69) is 0 Å². The van der Waals surface area contributed by atoms with Crippen molar-refractivity contribution in [3.05, 3.63) is 35.0 Å². The molecule has 4 heteroatoms. The number of carboxylic acids is 1. The molecular weight excluding hydrogens is 238 g/mol. The monoisotopic (exact) mass is 251 g/mol. The predicted molar refractivity (Wildman–Crippen MR) is 68.7 cm³/mol. The summed E-state index contributed by atoms with van der Waals surface area (Å²) in [7, 11) is 0. The van der Waals surface area contributed by atoms with E-state index in [1.54, 1.807) is 6.92 Å². The van der Waals surface area contributed by atoms with Crippen molar-refractivity contribution >= 4 is 28.5 Å². The Labute approximate surface area is 105 Å². The van der Waals surface area contributed by atoms with Crippen molar-refractivity contribution in [2.45, 2.75) is 26.3 Å². The first-order valence-corrected chi connectivity index (χ1v) is 5.94. The van der Waals surface area contributed by atoms with E-state index in [4.69, 9.17) is 16.7 Å². The molecule has 0 radical (unpaired) electrons. The van der Waals surface area contributed by atoms with Gasteiger partial charge in [0.15, 0.2) is 0 Å². The van der Waals surface area contributed by atoms with Gasteiger partial charge in [-0.2, -0.15) is 0 Å². The second-order valence-electron chi connectivity index (χ2n) is 4.05. The molecule has 1 atom stereocenters. The summed E-state index contributed by atoms with van der Waals surface area (Å²) in [4.78, 5) is 11.1. The van der Waals surface area contributed by atoms with Crippen molar-refractivity contribution in [3.8, 4) is 0 Å². The van der Waals surface area contributed by atoms with Crippen LogP contribution >= 0.6 is 11.6 Å². The maximum atomic E-state index is 11.1. The zero-order valence-electron chi connectivity index (χ0n) is 9.77. The first-order chi connectivity index (χ1) is 8.06. The fourth-order valence-corrected chi connectivity index (χ4v) is 2.41. The number of halogens is 1. The normalized spacial score (nSPS) is 12.9. The van der Waals surface area contributed by atoms with Gasteiger partial charge in [0.1, 0.15) is 0 Å². The van der Waals surface area contributed by atoms with Gasteiger partial charge in [-0.15, -0.1) is 0 Å². The highest BCUT2D eigenvalue weighted by molar-refractivity contribution is 6.35. The van der Waals surface area contributed by atoms with Crippen LogP contribution in [0, 0.1) is 0 Å². The smallest absolute Gasteiger partial charge is 0.312 e. The zero-order valence-corrected chi connectivity index (χ0v) is 10.5. The molecule has 3 nitrogen and oxygen atoms in total. The molecule has 0 aliphatic carbocycles. The van der Waals surface area contributed by atoms with Gasteiger partial charge >= 0.3 is 5.97 Å². The molecule has 1 aromatic carbocycles. The SMILES string of the molecule is CCn1c(C(C)C(=O)O)cc2cccc(Cl)c21. The van der Waals surface area contributed by atoms with Crippen LogP contribution in [-0.4, -0.2) is 15.6 Å². The van der Waals surface area contributed by atoms with Crippen LogP contribution in [0.1, 0.15) is 25.5 Å². The molecule has 2 aromatic rings. The first kappa shape index (κ1) is 12.0. The van der Waals surface area contributed by atoms with E-state index in [1.165, 1.54) is 0 Å². The molecule has 1 unspecified atom stereocenters. The van der Waals surface area contributed by atoms with Gasteiger partial charge < -0.3 is 9.67 Å². The zero-order chi connectivity index (χ0) is 12.6. The highest BCUT2D eigenvalue weighted by Crippen LogP contribution is 2.30. The number of carbonyl (C=O) groups is 1. The Bertz CT molecular complexity index is 574. The molecule has 1 N–H and O–H groups in total. The summed E-state index contributed by atoms with van der Waals surface area (Å²) >= 11 is 6.17. The second kappa shape index (κ2) is 4.41. The van der Waals surface area contributed by atoms with Gasteiger partial charge in [0, 0.05) is 17.6 Å². The minimum Gasteiger partial charge on any atom is -0.481 e. The van der Waals surface area contributed by atoms with Crippen LogP contribution < -0.4 is 0 Å². The number of aryl methyl sites for hydroxylation is 1. The Morgan fingerprint density at radius 2 is 2.24 bits per heavy atom. The van der Waals surface area contributed by atoms with Crippen LogP contribution in [0.25, 0.3) is 10.9 Å². The van der Waals surface area contributed by atoms with E-state index in [-0.39, 0.29) is 0 Å². The molecule has 90 valence electrons. The third kappa shape index (κ3) is 1.91. The van der Waals surface area contributed by atoms with Crippen molar-refractivity contribution in [3.63, 3.8) is 0 Å². The Morgan fingerprint density at radius 3 is 2.82 bits per heavy atom. The van der Waals surface area contributed by atoms with E-state index in [1.807, 2.05) is 35.8 Å². The molecule has 0 aliphatic rings. The number of para-hydroxylation sites is 1. The fraction of sp³-hybridized carbons (Fsp3) is 0.308. The average molecular weight is 252 g/mol. The van der Waals surface area contributed by atoms with Crippen LogP contribution in [-0.2, 0) is 11.3 Å². The number of aromatic nitrogens is 1. The average Bonchev–Trinajstić information content (AvgIpc) is 2.67. The predicted octanol–water partition coefficient (Wildman–Crippen LogP) is 3.50. The van der Waals surface area contributed by atoms with Crippen molar-refractivity contribution in [1.29, 1.82) is 0 Å². The number of nitrogens with zero attached hydrogens (tertiary/aromatic N) is 1. The van der Waals surface area contributed by atoms with E-state index in [0.717, 1.165) is 16.6 Å². The highest BCUT2D eigenvalue weighted by atomic mass is 35.5. The second-order valence-corrected chi connectivity index (χ2v) is 4.46. The number of carboxylic acid groups (broad SMARTS) is 1.